The smallest absolute Gasteiger partial charge is 0.316 e. The lowest BCUT2D eigenvalue weighted by molar-refractivity contribution is 0.191. The average molecular weight is 374 g/mol. The Morgan fingerprint density at radius 1 is 0.960 bits per heavy atom. The molecule has 1 aliphatic carbocycles. The van der Waals surface area contributed by atoms with Crippen molar-refractivity contribution in [3.05, 3.63) is 71.8 Å². The molecule has 2 aromatic carbocycles. The molecule has 1 amide bonds. The molecule has 1 saturated heterocycles. The second-order valence-corrected chi connectivity index (χ2v) is 8.07. The number of rotatable bonds is 2. The van der Waals surface area contributed by atoms with E-state index in [2.05, 4.69) is 60.7 Å². The second kappa shape index (κ2) is 6.66. The lowest BCUT2D eigenvalue weighted by atomic mass is 9.56. The third-order valence-corrected chi connectivity index (χ3v) is 6.88. The zero-order valence-electron chi connectivity index (χ0n) is 13.9. The fourth-order valence-electron chi connectivity index (χ4n) is 4.98. The first-order chi connectivity index (χ1) is 12.1. The van der Waals surface area contributed by atoms with E-state index >= 15 is 0 Å². The van der Waals surface area contributed by atoms with Crippen molar-refractivity contribution in [3.8, 4) is 0 Å². The summed E-state index contributed by atoms with van der Waals surface area (Å²) in [6.07, 6.45) is 1.93. The predicted molar refractivity (Wildman–Crippen MR) is 102 cm³/mol. The van der Waals surface area contributed by atoms with Crippen molar-refractivity contribution in [2.45, 2.75) is 23.6 Å². The summed E-state index contributed by atoms with van der Waals surface area (Å²) >= 11 is 12.5. The first kappa shape index (κ1) is 16.9. The van der Waals surface area contributed by atoms with Crippen LogP contribution in [0.5, 0.6) is 0 Å². The van der Waals surface area contributed by atoms with Gasteiger partial charge in [0, 0.05) is 23.9 Å². The molecule has 2 aromatic rings. The summed E-state index contributed by atoms with van der Waals surface area (Å²) in [5.41, 5.74) is 2.49. The monoisotopic (exact) mass is 373 g/mol. The fourth-order valence-corrected chi connectivity index (χ4v) is 5.48. The average Bonchev–Trinajstić information content (AvgIpc) is 3.11. The second-order valence-electron chi connectivity index (χ2n) is 7.19. The summed E-state index contributed by atoms with van der Waals surface area (Å²) in [5.74, 6) is 0.537. The molecule has 2 fully saturated rings. The van der Waals surface area contributed by atoms with Gasteiger partial charge in [0.25, 0.3) is 0 Å². The van der Waals surface area contributed by atoms with Crippen LogP contribution < -0.4 is 0 Å². The standard InChI is InChI=1S/C21H21Cl2NO/c22-19-11-12-21(15-7-3-1-4-8-15,16-9-5-2-6-10-16)18-14-24(20(23)25)13-17(18)19/h1-10,17-19H,11-14H2/t17-,18?,19+/m0/s1. The van der Waals surface area contributed by atoms with Gasteiger partial charge in [-0.1, -0.05) is 60.7 Å². The van der Waals surface area contributed by atoms with E-state index in [0.29, 0.717) is 13.1 Å². The van der Waals surface area contributed by atoms with Gasteiger partial charge in [0.05, 0.1) is 0 Å². The molecular formula is C21H21Cl2NO. The molecule has 1 heterocycles. The van der Waals surface area contributed by atoms with Crippen LogP contribution in [0.3, 0.4) is 0 Å². The summed E-state index contributed by atoms with van der Waals surface area (Å²) < 4.78 is 0. The molecule has 0 radical (unpaired) electrons. The van der Waals surface area contributed by atoms with E-state index in [1.807, 2.05) is 0 Å². The Morgan fingerprint density at radius 2 is 1.52 bits per heavy atom. The Kier molecular flexibility index (Phi) is 4.51. The lowest BCUT2D eigenvalue weighted by Gasteiger charge is -2.48. The molecular weight excluding hydrogens is 353 g/mol. The van der Waals surface area contributed by atoms with Gasteiger partial charge in [-0.05, 0) is 47.4 Å². The van der Waals surface area contributed by atoms with Crippen LogP contribution in [-0.2, 0) is 5.41 Å². The van der Waals surface area contributed by atoms with Crippen LogP contribution in [0.15, 0.2) is 60.7 Å². The fraction of sp³-hybridized carbons (Fsp3) is 0.381. The lowest BCUT2D eigenvalue weighted by Crippen LogP contribution is -2.47. The first-order valence-electron chi connectivity index (χ1n) is 8.82. The number of likely N-dealkylation sites (tertiary alicyclic amines) is 1. The molecule has 0 bridgehead atoms. The van der Waals surface area contributed by atoms with Gasteiger partial charge in [0.1, 0.15) is 0 Å². The van der Waals surface area contributed by atoms with Gasteiger partial charge in [-0.3, -0.25) is 4.79 Å². The Balaban J connectivity index is 1.87. The van der Waals surface area contributed by atoms with E-state index in [1.165, 1.54) is 11.1 Å². The highest BCUT2D eigenvalue weighted by Gasteiger charge is 2.54. The molecule has 0 N–H and O–H groups in total. The molecule has 4 rings (SSSR count). The van der Waals surface area contributed by atoms with Crippen LogP contribution in [0, 0.1) is 11.8 Å². The van der Waals surface area contributed by atoms with Crippen molar-refractivity contribution in [3.63, 3.8) is 0 Å². The van der Waals surface area contributed by atoms with Crippen LogP contribution in [0.1, 0.15) is 24.0 Å². The number of carbonyl (C=O) groups is 1. The van der Waals surface area contributed by atoms with E-state index in [9.17, 15) is 4.79 Å². The highest BCUT2D eigenvalue weighted by Crippen LogP contribution is 2.54. The van der Waals surface area contributed by atoms with E-state index in [1.54, 1.807) is 4.90 Å². The Morgan fingerprint density at radius 3 is 2.04 bits per heavy atom. The Hall–Kier alpha value is -1.51. The largest absolute Gasteiger partial charge is 0.329 e. The topological polar surface area (TPSA) is 20.3 Å². The molecule has 2 aliphatic rings. The van der Waals surface area contributed by atoms with Crippen LogP contribution in [0.25, 0.3) is 0 Å². The number of amides is 1. The molecule has 2 nitrogen and oxygen atoms in total. The molecule has 0 aromatic heterocycles. The van der Waals surface area contributed by atoms with Gasteiger partial charge in [0.2, 0.25) is 0 Å². The van der Waals surface area contributed by atoms with Crippen LogP contribution in [0.2, 0.25) is 0 Å². The van der Waals surface area contributed by atoms with Gasteiger partial charge in [-0.2, -0.15) is 0 Å². The number of alkyl halides is 1. The molecule has 1 unspecified atom stereocenters. The Bertz CT molecular complexity index is 710. The maximum Gasteiger partial charge on any atom is 0.316 e. The molecule has 4 heteroatoms. The molecule has 25 heavy (non-hydrogen) atoms. The summed E-state index contributed by atoms with van der Waals surface area (Å²) in [6, 6.07) is 21.3. The van der Waals surface area contributed by atoms with Crippen molar-refractivity contribution < 1.29 is 4.79 Å². The van der Waals surface area contributed by atoms with Crippen molar-refractivity contribution in [2.75, 3.05) is 13.1 Å². The highest BCUT2D eigenvalue weighted by atomic mass is 35.5. The van der Waals surface area contributed by atoms with Gasteiger partial charge < -0.3 is 4.90 Å². The predicted octanol–water partition coefficient (Wildman–Crippen LogP) is 5.28. The van der Waals surface area contributed by atoms with Gasteiger partial charge in [-0.25, -0.2) is 0 Å². The number of fused-ring (bicyclic) bond motifs is 1. The quantitative estimate of drug-likeness (QED) is 0.398. The van der Waals surface area contributed by atoms with Gasteiger partial charge in [-0.15, -0.1) is 11.6 Å². The van der Waals surface area contributed by atoms with Crippen LogP contribution in [0.4, 0.5) is 4.79 Å². The van der Waals surface area contributed by atoms with Crippen LogP contribution >= 0.6 is 23.2 Å². The minimum absolute atomic E-state index is 0.0894. The maximum absolute atomic E-state index is 11.8. The number of benzene rings is 2. The Labute approximate surface area is 158 Å². The van der Waals surface area contributed by atoms with E-state index in [4.69, 9.17) is 23.2 Å². The zero-order valence-corrected chi connectivity index (χ0v) is 15.5. The van der Waals surface area contributed by atoms with Crippen molar-refractivity contribution in [2.24, 2.45) is 11.8 Å². The number of hydrogen-bond donors (Lipinski definition) is 0. The molecule has 1 saturated carbocycles. The third-order valence-electron chi connectivity index (χ3n) is 6.10. The van der Waals surface area contributed by atoms with E-state index < -0.39 is 0 Å². The highest BCUT2D eigenvalue weighted by molar-refractivity contribution is 6.62. The summed E-state index contributed by atoms with van der Waals surface area (Å²) in [5, 5.41) is -0.278. The number of hydrogen-bond acceptors (Lipinski definition) is 1. The molecule has 3 atom stereocenters. The molecule has 0 spiro atoms. The third kappa shape index (κ3) is 2.76. The first-order valence-corrected chi connectivity index (χ1v) is 9.64. The van der Waals surface area contributed by atoms with E-state index in [-0.39, 0.29) is 28.0 Å². The summed E-state index contributed by atoms with van der Waals surface area (Å²) in [7, 11) is 0. The number of nitrogens with zero attached hydrogens (tertiary/aromatic N) is 1. The van der Waals surface area contributed by atoms with Gasteiger partial charge >= 0.3 is 5.37 Å². The SMILES string of the molecule is O=C(Cl)N1CC2[C@H](C1)[C@H](Cl)CCC2(c1ccccc1)c1ccccc1. The minimum Gasteiger partial charge on any atom is -0.329 e. The maximum atomic E-state index is 11.8. The molecule has 1 aliphatic heterocycles. The van der Waals surface area contributed by atoms with Crippen LogP contribution in [-0.4, -0.2) is 28.7 Å². The number of carbonyl (C=O) groups excluding carboxylic acids is 1. The summed E-state index contributed by atoms with van der Waals surface area (Å²) in [6.45, 7) is 1.32. The van der Waals surface area contributed by atoms with Crippen molar-refractivity contribution >= 4 is 28.6 Å². The van der Waals surface area contributed by atoms with Gasteiger partial charge in [0.15, 0.2) is 0 Å². The number of halogens is 2. The van der Waals surface area contributed by atoms with Crippen molar-refractivity contribution in [1.29, 1.82) is 0 Å². The normalized spacial score (nSPS) is 27.8. The van der Waals surface area contributed by atoms with E-state index in [0.717, 1.165) is 12.8 Å². The molecule has 130 valence electrons. The zero-order chi connectivity index (χ0) is 17.4. The van der Waals surface area contributed by atoms with Crippen molar-refractivity contribution in [1.82, 2.24) is 4.90 Å². The minimum atomic E-state index is -0.367. The summed E-state index contributed by atoms with van der Waals surface area (Å²) in [4.78, 5) is 13.6.